The predicted octanol–water partition coefficient (Wildman–Crippen LogP) is 2.53. The highest BCUT2D eigenvalue weighted by molar-refractivity contribution is 7.99. The molecule has 0 spiro atoms. The molecule has 1 aromatic heterocycles. The van der Waals surface area contributed by atoms with E-state index >= 15 is 0 Å². The van der Waals surface area contributed by atoms with Gasteiger partial charge in [-0.15, -0.1) is 11.8 Å². The quantitative estimate of drug-likeness (QED) is 0.770. The number of pyridine rings is 1. The fourth-order valence-electron chi connectivity index (χ4n) is 2.80. The van der Waals surface area contributed by atoms with Gasteiger partial charge < -0.3 is 4.74 Å². The standard InChI is InChI=1S/C15H22N2O3S2/c18-22(19,17-8-2-3-9-17)14-6-7-15(16-11-14)21-12-13-5-1-4-10-20-13/h6-7,11,13H,1-5,8-10,12H2. The van der Waals surface area contributed by atoms with Crippen LogP contribution in [0.4, 0.5) is 0 Å². The molecule has 2 aliphatic heterocycles. The summed E-state index contributed by atoms with van der Waals surface area (Å²) in [5.41, 5.74) is 0. The van der Waals surface area contributed by atoms with Crippen LogP contribution in [0.3, 0.4) is 0 Å². The fraction of sp³-hybridized carbons (Fsp3) is 0.667. The molecule has 0 aliphatic carbocycles. The molecule has 3 rings (SSSR count). The molecular weight excluding hydrogens is 320 g/mol. The van der Waals surface area contributed by atoms with E-state index < -0.39 is 10.0 Å². The number of hydrogen-bond donors (Lipinski definition) is 0. The maximum atomic E-state index is 12.4. The second kappa shape index (κ2) is 7.29. The summed E-state index contributed by atoms with van der Waals surface area (Å²) >= 11 is 1.63. The van der Waals surface area contributed by atoms with Gasteiger partial charge in [-0.25, -0.2) is 13.4 Å². The molecule has 0 saturated carbocycles. The summed E-state index contributed by atoms with van der Waals surface area (Å²) in [4.78, 5) is 4.60. The molecule has 3 heterocycles. The lowest BCUT2D eigenvalue weighted by atomic mass is 10.1. The van der Waals surface area contributed by atoms with Crippen LogP contribution in [0, 0.1) is 0 Å². The summed E-state index contributed by atoms with van der Waals surface area (Å²) in [6.07, 6.45) is 7.16. The molecule has 1 atom stereocenters. The molecule has 2 saturated heterocycles. The minimum atomic E-state index is -3.35. The zero-order valence-corrected chi connectivity index (χ0v) is 14.2. The van der Waals surface area contributed by atoms with E-state index in [1.54, 1.807) is 28.2 Å². The maximum absolute atomic E-state index is 12.4. The molecule has 0 N–H and O–H groups in total. The Bertz CT molecular complexity index is 577. The average Bonchev–Trinajstić information content (AvgIpc) is 3.10. The molecule has 1 unspecified atom stereocenters. The first-order valence-corrected chi connectivity index (χ1v) is 10.3. The molecule has 1 aromatic rings. The number of thioether (sulfide) groups is 1. The van der Waals surface area contributed by atoms with E-state index in [4.69, 9.17) is 4.74 Å². The molecule has 5 nitrogen and oxygen atoms in total. The Morgan fingerprint density at radius 3 is 2.68 bits per heavy atom. The van der Waals surface area contributed by atoms with Crippen molar-refractivity contribution < 1.29 is 13.2 Å². The van der Waals surface area contributed by atoms with Gasteiger partial charge in [0.25, 0.3) is 0 Å². The van der Waals surface area contributed by atoms with Crippen molar-refractivity contribution in [3.05, 3.63) is 18.3 Å². The summed E-state index contributed by atoms with van der Waals surface area (Å²) in [5, 5.41) is 0.856. The van der Waals surface area contributed by atoms with Gasteiger partial charge in [-0.3, -0.25) is 0 Å². The highest BCUT2D eigenvalue weighted by atomic mass is 32.2. The van der Waals surface area contributed by atoms with Gasteiger partial charge in [0.15, 0.2) is 0 Å². The summed E-state index contributed by atoms with van der Waals surface area (Å²) in [7, 11) is -3.35. The Hall–Kier alpha value is -0.630. The van der Waals surface area contributed by atoms with Crippen molar-refractivity contribution in [3.8, 4) is 0 Å². The molecule has 2 fully saturated rings. The van der Waals surface area contributed by atoms with E-state index in [-0.39, 0.29) is 0 Å². The molecule has 22 heavy (non-hydrogen) atoms. The van der Waals surface area contributed by atoms with Crippen LogP contribution in [0.5, 0.6) is 0 Å². The van der Waals surface area contributed by atoms with E-state index in [0.29, 0.717) is 24.1 Å². The lowest BCUT2D eigenvalue weighted by molar-refractivity contribution is 0.0315. The summed E-state index contributed by atoms with van der Waals surface area (Å²) in [5.74, 6) is 0.880. The largest absolute Gasteiger partial charge is 0.377 e. The highest BCUT2D eigenvalue weighted by Crippen LogP contribution is 2.24. The topological polar surface area (TPSA) is 59.5 Å². The van der Waals surface area contributed by atoms with E-state index in [9.17, 15) is 8.42 Å². The smallest absolute Gasteiger partial charge is 0.244 e. The van der Waals surface area contributed by atoms with E-state index in [2.05, 4.69) is 4.98 Å². The first-order valence-electron chi connectivity index (χ1n) is 7.87. The van der Waals surface area contributed by atoms with Gasteiger partial charge in [0.1, 0.15) is 4.90 Å². The Labute approximate surface area is 136 Å². The van der Waals surface area contributed by atoms with E-state index in [1.165, 1.54) is 12.6 Å². The molecule has 0 aromatic carbocycles. The number of sulfonamides is 1. The van der Waals surface area contributed by atoms with Crippen molar-refractivity contribution >= 4 is 21.8 Å². The first-order chi connectivity index (χ1) is 10.7. The van der Waals surface area contributed by atoms with Crippen LogP contribution >= 0.6 is 11.8 Å². The van der Waals surface area contributed by atoms with Crippen LogP contribution < -0.4 is 0 Å². The number of hydrogen-bond acceptors (Lipinski definition) is 5. The van der Waals surface area contributed by atoms with Crippen molar-refractivity contribution in [1.29, 1.82) is 0 Å². The molecule has 122 valence electrons. The second-order valence-corrected chi connectivity index (χ2v) is 8.72. The SMILES string of the molecule is O=S(=O)(c1ccc(SCC2CCCCO2)nc1)N1CCCC1. The third-order valence-electron chi connectivity index (χ3n) is 4.10. The third kappa shape index (κ3) is 3.82. The average molecular weight is 342 g/mol. The number of aromatic nitrogens is 1. The highest BCUT2D eigenvalue weighted by Gasteiger charge is 2.27. The van der Waals surface area contributed by atoms with Gasteiger partial charge >= 0.3 is 0 Å². The molecule has 2 aliphatic rings. The van der Waals surface area contributed by atoms with Crippen molar-refractivity contribution in [2.45, 2.75) is 48.1 Å². The third-order valence-corrected chi connectivity index (χ3v) is 7.06. The zero-order chi connectivity index (χ0) is 15.4. The Morgan fingerprint density at radius 2 is 2.05 bits per heavy atom. The molecule has 0 radical (unpaired) electrons. The number of nitrogens with zero attached hydrogens (tertiary/aromatic N) is 2. The number of rotatable bonds is 5. The van der Waals surface area contributed by atoms with Crippen molar-refractivity contribution in [2.24, 2.45) is 0 Å². The van der Waals surface area contributed by atoms with Gasteiger partial charge in [-0.1, -0.05) is 0 Å². The van der Waals surface area contributed by atoms with Crippen LogP contribution in [0.25, 0.3) is 0 Å². The van der Waals surface area contributed by atoms with Gasteiger partial charge in [-0.2, -0.15) is 4.31 Å². The summed E-state index contributed by atoms with van der Waals surface area (Å²) < 4.78 is 32.1. The van der Waals surface area contributed by atoms with Crippen LogP contribution in [0.15, 0.2) is 28.3 Å². The fourth-order valence-corrected chi connectivity index (χ4v) is 5.17. The molecule has 7 heteroatoms. The Morgan fingerprint density at radius 1 is 1.23 bits per heavy atom. The minimum Gasteiger partial charge on any atom is -0.377 e. The maximum Gasteiger partial charge on any atom is 0.244 e. The van der Waals surface area contributed by atoms with Crippen LogP contribution in [-0.2, 0) is 14.8 Å². The van der Waals surface area contributed by atoms with E-state index in [0.717, 1.165) is 43.1 Å². The van der Waals surface area contributed by atoms with Gasteiger partial charge in [0.2, 0.25) is 10.0 Å². The Balaban J connectivity index is 1.60. The monoisotopic (exact) mass is 342 g/mol. The lowest BCUT2D eigenvalue weighted by Gasteiger charge is -2.21. The first kappa shape index (κ1) is 16.2. The molecule has 0 bridgehead atoms. The van der Waals surface area contributed by atoms with Gasteiger partial charge in [-0.05, 0) is 44.2 Å². The molecule has 0 amide bonds. The molecular formula is C15H22N2O3S2. The van der Waals surface area contributed by atoms with Gasteiger partial charge in [0, 0.05) is 31.6 Å². The normalized spacial score (nSPS) is 23.7. The Kier molecular flexibility index (Phi) is 5.38. The van der Waals surface area contributed by atoms with E-state index in [1.807, 2.05) is 0 Å². The predicted molar refractivity (Wildman–Crippen MR) is 86.5 cm³/mol. The second-order valence-electron chi connectivity index (χ2n) is 5.74. The summed E-state index contributed by atoms with van der Waals surface area (Å²) in [6, 6.07) is 3.47. The van der Waals surface area contributed by atoms with Crippen LogP contribution in [-0.4, -0.2) is 49.3 Å². The van der Waals surface area contributed by atoms with Crippen molar-refractivity contribution in [1.82, 2.24) is 9.29 Å². The van der Waals surface area contributed by atoms with Crippen molar-refractivity contribution in [2.75, 3.05) is 25.4 Å². The summed E-state index contributed by atoms with van der Waals surface area (Å²) in [6.45, 7) is 2.10. The van der Waals surface area contributed by atoms with Crippen LogP contribution in [0.2, 0.25) is 0 Å². The van der Waals surface area contributed by atoms with Crippen molar-refractivity contribution in [3.63, 3.8) is 0 Å². The number of ether oxygens (including phenoxy) is 1. The zero-order valence-electron chi connectivity index (χ0n) is 12.6. The van der Waals surface area contributed by atoms with Crippen LogP contribution in [0.1, 0.15) is 32.1 Å². The lowest BCUT2D eigenvalue weighted by Crippen LogP contribution is -2.27. The minimum absolute atomic E-state index is 0.299. The van der Waals surface area contributed by atoms with Gasteiger partial charge in [0.05, 0.1) is 11.1 Å².